The molecule has 0 aromatic heterocycles. The van der Waals surface area contributed by atoms with Gasteiger partial charge in [-0.3, -0.25) is 14.6 Å². The van der Waals surface area contributed by atoms with Crippen molar-refractivity contribution in [1.82, 2.24) is 9.80 Å². The molecule has 1 atom stereocenters. The van der Waals surface area contributed by atoms with Gasteiger partial charge in [0.1, 0.15) is 0 Å². The van der Waals surface area contributed by atoms with Crippen molar-refractivity contribution in [3.8, 4) is 0 Å². The highest BCUT2D eigenvalue weighted by Crippen LogP contribution is 2.28. The summed E-state index contributed by atoms with van der Waals surface area (Å²) in [6, 6.07) is 0.642. The van der Waals surface area contributed by atoms with Gasteiger partial charge in [0.2, 0.25) is 0 Å². The van der Waals surface area contributed by atoms with Gasteiger partial charge in [0.05, 0.1) is 5.41 Å². The van der Waals surface area contributed by atoms with E-state index in [9.17, 15) is 9.90 Å². The Bertz CT molecular complexity index is 282. The summed E-state index contributed by atoms with van der Waals surface area (Å²) in [5.74, 6) is -0.637. The zero-order valence-electron chi connectivity index (χ0n) is 13.0. The van der Waals surface area contributed by atoms with E-state index in [4.69, 9.17) is 0 Å². The van der Waals surface area contributed by atoms with Crippen LogP contribution in [0.25, 0.3) is 0 Å². The molecule has 4 heteroatoms. The van der Waals surface area contributed by atoms with Crippen LogP contribution in [0, 0.1) is 5.41 Å². The first kappa shape index (κ1) is 16.4. The van der Waals surface area contributed by atoms with Crippen LogP contribution in [0.3, 0.4) is 0 Å². The Labute approximate surface area is 117 Å². The summed E-state index contributed by atoms with van der Waals surface area (Å²) in [6.07, 6.45) is 2.61. The lowest BCUT2D eigenvalue weighted by molar-refractivity contribution is -0.151. The largest absolute Gasteiger partial charge is 0.481 e. The Morgan fingerprint density at radius 1 is 1.16 bits per heavy atom. The molecule has 0 radical (unpaired) electrons. The quantitative estimate of drug-likeness (QED) is 0.771. The zero-order chi connectivity index (χ0) is 14.5. The molecule has 1 aliphatic rings. The first-order chi connectivity index (χ1) is 8.99. The van der Waals surface area contributed by atoms with Crippen molar-refractivity contribution in [1.29, 1.82) is 0 Å². The molecular formula is C15H30N2O2. The van der Waals surface area contributed by atoms with E-state index in [2.05, 4.69) is 23.6 Å². The van der Waals surface area contributed by atoms with Crippen molar-refractivity contribution in [2.45, 2.75) is 53.0 Å². The molecule has 1 heterocycles. The molecule has 112 valence electrons. The van der Waals surface area contributed by atoms with Crippen LogP contribution in [0.15, 0.2) is 0 Å². The van der Waals surface area contributed by atoms with Gasteiger partial charge in [-0.1, -0.05) is 20.8 Å². The number of carboxylic acid groups (broad SMARTS) is 1. The predicted octanol–water partition coefficient (Wildman–Crippen LogP) is 2.29. The molecule has 1 saturated heterocycles. The van der Waals surface area contributed by atoms with Gasteiger partial charge in [-0.25, -0.2) is 0 Å². The first-order valence-corrected chi connectivity index (χ1v) is 7.68. The van der Waals surface area contributed by atoms with E-state index in [1.54, 1.807) is 0 Å². The van der Waals surface area contributed by atoms with Crippen LogP contribution >= 0.6 is 0 Å². The van der Waals surface area contributed by atoms with Crippen LogP contribution in [-0.4, -0.2) is 59.6 Å². The minimum absolute atomic E-state index is 0.557. The molecule has 0 saturated carbocycles. The normalized spacial score (nSPS) is 20.4. The van der Waals surface area contributed by atoms with Crippen molar-refractivity contribution in [2.75, 3.05) is 32.7 Å². The number of nitrogens with zero attached hydrogens (tertiary/aromatic N) is 2. The number of carboxylic acids is 1. The third-order valence-corrected chi connectivity index (χ3v) is 4.95. The van der Waals surface area contributed by atoms with Gasteiger partial charge in [0.15, 0.2) is 0 Å². The monoisotopic (exact) mass is 270 g/mol. The zero-order valence-corrected chi connectivity index (χ0v) is 13.0. The summed E-state index contributed by atoms with van der Waals surface area (Å²) in [5.41, 5.74) is -0.557. The van der Waals surface area contributed by atoms with E-state index in [1.165, 1.54) is 6.42 Å². The molecule has 0 aliphatic carbocycles. The van der Waals surface area contributed by atoms with Gasteiger partial charge in [-0.15, -0.1) is 0 Å². The van der Waals surface area contributed by atoms with Gasteiger partial charge in [0, 0.05) is 38.8 Å². The second kappa shape index (κ2) is 7.25. The molecular weight excluding hydrogens is 240 g/mol. The molecule has 0 aromatic rings. The highest BCUT2D eigenvalue weighted by Gasteiger charge is 2.37. The Hall–Kier alpha value is -0.610. The third-order valence-electron chi connectivity index (χ3n) is 4.95. The second-order valence-electron chi connectivity index (χ2n) is 5.86. The Kier molecular flexibility index (Phi) is 6.27. The van der Waals surface area contributed by atoms with E-state index in [1.807, 2.05) is 13.8 Å². The number of hydrogen-bond donors (Lipinski definition) is 1. The Morgan fingerprint density at radius 3 is 2.05 bits per heavy atom. The smallest absolute Gasteiger partial charge is 0.310 e. The molecule has 1 rings (SSSR count). The highest BCUT2D eigenvalue weighted by atomic mass is 16.4. The van der Waals surface area contributed by atoms with Crippen molar-refractivity contribution in [3.63, 3.8) is 0 Å². The number of carbonyl (C=O) groups is 1. The van der Waals surface area contributed by atoms with Crippen LogP contribution in [0.4, 0.5) is 0 Å². The number of rotatable bonds is 7. The molecule has 0 amide bonds. The van der Waals surface area contributed by atoms with Gasteiger partial charge in [-0.2, -0.15) is 0 Å². The van der Waals surface area contributed by atoms with Crippen molar-refractivity contribution in [2.24, 2.45) is 5.41 Å². The molecule has 19 heavy (non-hydrogen) atoms. The predicted molar refractivity (Wildman–Crippen MR) is 78.4 cm³/mol. The topological polar surface area (TPSA) is 43.8 Å². The SMILES string of the molecule is CCC(C)N1CCN(CC(CC)(CC)C(=O)O)CC1. The molecule has 0 spiro atoms. The van der Waals surface area contributed by atoms with Crippen LogP contribution < -0.4 is 0 Å². The first-order valence-electron chi connectivity index (χ1n) is 7.68. The summed E-state index contributed by atoms with van der Waals surface area (Å²) in [5, 5.41) is 9.50. The van der Waals surface area contributed by atoms with Crippen molar-refractivity contribution in [3.05, 3.63) is 0 Å². The van der Waals surface area contributed by atoms with E-state index in [-0.39, 0.29) is 0 Å². The summed E-state index contributed by atoms with van der Waals surface area (Å²) in [4.78, 5) is 16.4. The minimum atomic E-state index is -0.637. The van der Waals surface area contributed by atoms with Crippen LogP contribution in [0.2, 0.25) is 0 Å². The highest BCUT2D eigenvalue weighted by molar-refractivity contribution is 5.74. The summed E-state index contributed by atoms with van der Waals surface area (Å²) in [7, 11) is 0. The number of aliphatic carboxylic acids is 1. The van der Waals surface area contributed by atoms with Crippen LogP contribution in [-0.2, 0) is 4.79 Å². The van der Waals surface area contributed by atoms with Crippen molar-refractivity contribution < 1.29 is 9.90 Å². The summed E-state index contributed by atoms with van der Waals surface area (Å²) < 4.78 is 0. The maximum absolute atomic E-state index is 11.5. The third kappa shape index (κ3) is 3.93. The van der Waals surface area contributed by atoms with Crippen LogP contribution in [0.1, 0.15) is 47.0 Å². The molecule has 0 bridgehead atoms. The molecule has 0 aromatic carbocycles. The maximum atomic E-state index is 11.5. The average molecular weight is 270 g/mol. The van der Waals surface area contributed by atoms with Gasteiger partial charge < -0.3 is 5.11 Å². The fourth-order valence-electron chi connectivity index (χ4n) is 2.89. The van der Waals surface area contributed by atoms with Crippen LogP contribution in [0.5, 0.6) is 0 Å². The van der Waals surface area contributed by atoms with Gasteiger partial charge >= 0.3 is 5.97 Å². The number of hydrogen-bond acceptors (Lipinski definition) is 3. The van der Waals surface area contributed by atoms with E-state index >= 15 is 0 Å². The average Bonchev–Trinajstić information content (AvgIpc) is 2.44. The molecule has 4 nitrogen and oxygen atoms in total. The lowest BCUT2D eigenvalue weighted by Crippen LogP contribution is -2.53. The Balaban J connectivity index is 2.54. The lowest BCUT2D eigenvalue weighted by atomic mass is 9.81. The summed E-state index contributed by atoms with van der Waals surface area (Å²) >= 11 is 0. The maximum Gasteiger partial charge on any atom is 0.310 e. The minimum Gasteiger partial charge on any atom is -0.481 e. The van der Waals surface area contributed by atoms with Gasteiger partial charge in [-0.05, 0) is 26.2 Å². The van der Waals surface area contributed by atoms with Gasteiger partial charge in [0.25, 0.3) is 0 Å². The molecule has 1 unspecified atom stereocenters. The standard InChI is InChI=1S/C15H30N2O2/c1-5-13(4)17-10-8-16(9-11-17)12-15(6-2,7-3)14(18)19/h13H,5-12H2,1-4H3,(H,18,19). The fourth-order valence-corrected chi connectivity index (χ4v) is 2.89. The number of piperazine rings is 1. The second-order valence-corrected chi connectivity index (χ2v) is 5.86. The van der Waals surface area contributed by atoms with E-state index in [0.29, 0.717) is 25.4 Å². The van der Waals surface area contributed by atoms with E-state index < -0.39 is 11.4 Å². The van der Waals surface area contributed by atoms with Crippen molar-refractivity contribution >= 4 is 5.97 Å². The lowest BCUT2D eigenvalue weighted by Gasteiger charge is -2.41. The Morgan fingerprint density at radius 2 is 1.68 bits per heavy atom. The summed E-state index contributed by atoms with van der Waals surface area (Å²) in [6.45, 7) is 13.3. The fraction of sp³-hybridized carbons (Fsp3) is 0.933. The molecule has 1 N–H and O–H groups in total. The molecule has 1 aliphatic heterocycles. The van der Waals surface area contributed by atoms with E-state index in [0.717, 1.165) is 26.2 Å². The molecule has 1 fully saturated rings.